The molecule has 8 heteroatoms. The van der Waals surface area contributed by atoms with E-state index < -0.39 is 0 Å². The number of aryl methyl sites for hydroxylation is 2. The van der Waals surface area contributed by atoms with Gasteiger partial charge in [0.1, 0.15) is 0 Å². The van der Waals surface area contributed by atoms with Gasteiger partial charge >= 0.3 is 0 Å². The van der Waals surface area contributed by atoms with Crippen LogP contribution in [0.15, 0.2) is 64.2 Å². The summed E-state index contributed by atoms with van der Waals surface area (Å²) in [4.78, 5) is 25.5. The van der Waals surface area contributed by atoms with Gasteiger partial charge in [-0.25, -0.2) is 0 Å². The van der Waals surface area contributed by atoms with Crippen molar-refractivity contribution in [2.45, 2.75) is 32.2 Å². The van der Waals surface area contributed by atoms with Crippen molar-refractivity contribution in [1.29, 1.82) is 0 Å². The van der Waals surface area contributed by atoms with E-state index >= 15 is 0 Å². The van der Waals surface area contributed by atoms with E-state index in [0.717, 1.165) is 16.8 Å². The van der Waals surface area contributed by atoms with E-state index in [1.165, 1.54) is 5.56 Å². The molecule has 1 unspecified atom stereocenters. The summed E-state index contributed by atoms with van der Waals surface area (Å²) in [5.41, 5.74) is 3.94. The number of thiophene rings is 1. The van der Waals surface area contributed by atoms with Crippen molar-refractivity contribution in [3.05, 3.63) is 82.4 Å². The molecule has 0 aliphatic carbocycles. The second kappa shape index (κ2) is 9.41. The molecule has 4 aromatic rings. The fourth-order valence-corrected chi connectivity index (χ4v) is 3.87. The van der Waals surface area contributed by atoms with Crippen LogP contribution in [-0.4, -0.2) is 26.0 Å². The molecule has 1 atom stereocenters. The largest absolute Gasteiger partial charge is 0.347 e. The molecule has 1 amide bonds. The number of nitrogens with one attached hydrogen (secondary N) is 1. The van der Waals surface area contributed by atoms with E-state index in [0.29, 0.717) is 24.6 Å². The number of rotatable bonds is 8. The summed E-state index contributed by atoms with van der Waals surface area (Å²) in [6.07, 6.45) is 6.42. The van der Waals surface area contributed by atoms with Crippen molar-refractivity contribution in [3.8, 4) is 11.4 Å². The van der Waals surface area contributed by atoms with Crippen LogP contribution in [0, 0.1) is 6.92 Å². The third-order valence-corrected chi connectivity index (χ3v) is 5.44. The Morgan fingerprint density at radius 1 is 1.20 bits per heavy atom. The normalized spacial score (nSPS) is 11.9. The molecule has 0 saturated carbocycles. The third-order valence-electron chi connectivity index (χ3n) is 4.71. The Bertz CT molecular complexity index is 1100. The summed E-state index contributed by atoms with van der Waals surface area (Å²) in [7, 11) is 0. The standard InChI is InChI=1S/C22H21N5O2S/c1-15-3-2-9-24-21(15)18(13-16-8-12-30-14-16)25-19(28)4-5-20-26-22(27-29-20)17-6-10-23-11-7-17/h2-3,6-12,14,18H,4-5,13H2,1H3,(H,25,28). The molecule has 152 valence electrons. The smallest absolute Gasteiger partial charge is 0.227 e. The van der Waals surface area contributed by atoms with Crippen molar-refractivity contribution in [3.63, 3.8) is 0 Å². The number of hydrogen-bond donors (Lipinski definition) is 1. The highest BCUT2D eigenvalue weighted by atomic mass is 32.1. The van der Waals surface area contributed by atoms with Gasteiger partial charge in [0.2, 0.25) is 17.6 Å². The SMILES string of the molecule is Cc1cccnc1C(Cc1ccsc1)NC(=O)CCc1nc(-c2ccncc2)no1. The lowest BCUT2D eigenvalue weighted by Crippen LogP contribution is -2.31. The molecule has 0 aliphatic heterocycles. The molecule has 0 aliphatic rings. The van der Waals surface area contributed by atoms with Gasteiger partial charge in [0, 0.05) is 37.0 Å². The van der Waals surface area contributed by atoms with Gasteiger partial charge in [-0.05, 0) is 59.5 Å². The average Bonchev–Trinajstić information content (AvgIpc) is 3.45. The molecule has 0 radical (unpaired) electrons. The second-order valence-electron chi connectivity index (χ2n) is 6.91. The Morgan fingerprint density at radius 2 is 2.07 bits per heavy atom. The summed E-state index contributed by atoms with van der Waals surface area (Å²) in [5, 5.41) is 11.2. The Hall–Kier alpha value is -3.39. The van der Waals surface area contributed by atoms with Gasteiger partial charge in [-0.2, -0.15) is 16.3 Å². The zero-order valence-electron chi connectivity index (χ0n) is 16.5. The van der Waals surface area contributed by atoms with E-state index in [2.05, 4.69) is 36.9 Å². The summed E-state index contributed by atoms with van der Waals surface area (Å²) in [5.74, 6) is 0.844. The molecule has 0 spiro atoms. The molecular formula is C22H21N5O2S. The molecule has 1 N–H and O–H groups in total. The summed E-state index contributed by atoms with van der Waals surface area (Å²) < 4.78 is 5.29. The summed E-state index contributed by atoms with van der Waals surface area (Å²) in [6.45, 7) is 2.01. The molecule has 0 aromatic carbocycles. The molecule has 4 rings (SSSR count). The lowest BCUT2D eigenvalue weighted by molar-refractivity contribution is -0.121. The van der Waals surface area contributed by atoms with E-state index in [1.54, 1.807) is 29.9 Å². The van der Waals surface area contributed by atoms with Gasteiger partial charge < -0.3 is 9.84 Å². The molecule has 4 aromatic heterocycles. The fraction of sp³-hybridized carbons (Fsp3) is 0.227. The zero-order valence-corrected chi connectivity index (χ0v) is 17.3. The minimum Gasteiger partial charge on any atom is -0.347 e. The van der Waals surface area contributed by atoms with E-state index in [9.17, 15) is 4.79 Å². The van der Waals surface area contributed by atoms with E-state index in [-0.39, 0.29) is 18.4 Å². The highest BCUT2D eigenvalue weighted by Crippen LogP contribution is 2.21. The van der Waals surface area contributed by atoms with Crippen LogP contribution in [0.2, 0.25) is 0 Å². The summed E-state index contributed by atoms with van der Waals surface area (Å²) >= 11 is 1.64. The maximum Gasteiger partial charge on any atom is 0.227 e. The van der Waals surface area contributed by atoms with Crippen molar-refractivity contribution >= 4 is 17.2 Å². The summed E-state index contributed by atoms with van der Waals surface area (Å²) in [6, 6.07) is 9.41. The first-order valence-corrected chi connectivity index (χ1v) is 10.6. The quantitative estimate of drug-likeness (QED) is 0.465. The van der Waals surface area contributed by atoms with Crippen LogP contribution in [0.3, 0.4) is 0 Å². The van der Waals surface area contributed by atoms with Gasteiger partial charge in [-0.3, -0.25) is 14.8 Å². The zero-order chi connectivity index (χ0) is 20.8. The minimum absolute atomic E-state index is 0.0797. The first kappa shape index (κ1) is 19.9. The number of carbonyl (C=O) groups excluding carboxylic acids is 1. The van der Waals surface area contributed by atoms with Crippen LogP contribution in [-0.2, 0) is 17.6 Å². The van der Waals surface area contributed by atoms with Crippen LogP contribution >= 0.6 is 11.3 Å². The van der Waals surface area contributed by atoms with Crippen molar-refractivity contribution in [2.24, 2.45) is 0 Å². The van der Waals surface area contributed by atoms with Crippen molar-refractivity contribution < 1.29 is 9.32 Å². The Balaban J connectivity index is 1.40. The van der Waals surface area contributed by atoms with Crippen LogP contribution in [0.25, 0.3) is 11.4 Å². The first-order valence-electron chi connectivity index (χ1n) is 9.64. The number of aromatic nitrogens is 4. The van der Waals surface area contributed by atoms with Gasteiger partial charge in [0.05, 0.1) is 11.7 Å². The highest BCUT2D eigenvalue weighted by molar-refractivity contribution is 7.07. The molecule has 0 fully saturated rings. The fourth-order valence-electron chi connectivity index (χ4n) is 3.18. The second-order valence-corrected chi connectivity index (χ2v) is 7.69. The van der Waals surface area contributed by atoms with Crippen molar-refractivity contribution in [1.82, 2.24) is 25.4 Å². The monoisotopic (exact) mass is 419 g/mol. The van der Waals surface area contributed by atoms with Gasteiger partial charge in [-0.15, -0.1) is 0 Å². The number of pyridine rings is 2. The van der Waals surface area contributed by atoms with E-state index in [1.807, 2.05) is 36.6 Å². The Labute approximate surface area is 178 Å². The predicted octanol–water partition coefficient (Wildman–Crippen LogP) is 3.93. The maximum absolute atomic E-state index is 12.7. The van der Waals surface area contributed by atoms with Gasteiger partial charge in [0.25, 0.3) is 0 Å². The van der Waals surface area contributed by atoms with Crippen LogP contribution in [0.4, 0.5) is 0 Å². The van der Waals surface area contributed by atoms with Gasteiger partial charge in [-0.1, -0.05) is 11.2 Å². The Morgan fingerprint density at radius 3 is 2.83 bits per heavy atom. The number of nitrogens with zero attached hydrogens (tertiary/aromatic N) is 4. The molecular weight excluding hydrogens is 398 g/mol. The first-order chi connectivity index (χ1) is 14.7. The van der Waals surface area contributed by atoms with E-state index in [4.69, 9.17) is 4.52 Å². The lowest BCUT2D eigenvalue weighted by atomic mass is 10.0. The molecule has 4 heterocycles. The Kier molecular flexibility index (Phi) is 6.24. The minimum atomic E-state index is -0.191. The van der Waals surface area contributed by atoms with Crippen LogP contribution < -0.4 is 5.32 Å². The average molecular weight is 420 g/mol. The number of amides is 1. The highest BCUT2D eigenvalue weighted by Gasteiger charge is 2.19. The van der Waals surface area contributed by atoms with Gasteiger partial charge in [0.15, 0.2) is 0 Å². The predicted molar refractivity (Wildman–Crippen MR) is 114 cm³/mol. The molecule has 7 nitrogen and oxygen atoms in total. The van der Waals surface area contributed by atoms with Crippen LogP contribution in [0.5, 0.6) is 0 Å². The van der Waals surface area contributed by atoms with Crippen molar-refractivity contribution in [2.75, 3.05) is 0 Å². The lowest BCUT2D eigenvalue weighted by Gasteiger charge is -2.19. The third kappa shape index (κ3) is 4.96. The topological polar surface area (TPSA) is 93.8 Å². The number of hydrogen-bond acceptors (Lipinski definition) is 7. The maximum atomic E-state index is 12.7. The number of carbonyl (C=O) groups is 1. The van der Waals surface area contributed by atoms with Crippen LogP contribution in [0.1, 0.15) is 35.2 Å². The molecule has 0 bridgehead atoms. The molecule has 0 saturated heterocycles. The molecule has 30 heavy (non-hydrogen) atoms.